The van der Waals surface area contributed by atoms with Crippen LogP contribution in [0, 0.1) is 13.8 Å². The summed E-state index contributed by atoms with van der Waals surface area (Å²) in [5.74, 6) is -0.204. The second-order valence-electron chi connectivity index (χ2n) is 5.37. The van der Waals surface area contributed by atoms with Crippen molar-refractivity contribution in [2.45, 2.75) is 20.4 Å². The number of nitrogens with one attached hydrogen (secondary N) is 1. The van der Waals surface area contributed by atoms with Crippen molar-refractivity contribution in [2.24, 2.45) is 7.05 Å². The zero-order valence-electron chi connectivity index (χ0n) is 13.5. The van der Waals surface area contributed by atoms with E-state index in [1.54, 1.807) is 12.1 Å². The molecule has 8 nitrogen and oxygen atoms in total. The molecule has 0 aliphatic carbocycles. The minimum atomic E-state index is -0.204. The lowest BCUT2D eigenvalue weighted by molar-refractivity contribution is 0.0950. The molecule has 2 aromatic heterocycles. The van der Waals surface area contributed by atoms with Gasteiger partial charge in [-0.15, -0.1) is 5.10 Å². The lowest BCUT2D eigenvalue weighted by Crippen LogP contribution is -2.25. The normalized spacial score (nSPS) is 10.8. The quantitative estimate of drug-likeness (QED) is 0.733. The molecule has 1 amide bonds. The van der Waals surface area contributed by atoms with Gasteiger partial charge in [-0.1, -0.05) is 15.9 Å². The van der Waals surface area contributed by atoms with Crippen LogP contribution >= 0.6 is 15.9 Å². The Morgan fingerprint density at radius 2 is 2.12 bits per heavy atom. The number of hydrogen-bond acceptors (Lipinski definition) is 5. The molecule has 0 fully saturated rings. The zero-order chi connectivity index (χ0) is 17.3. The Morgan fingerprint density at radius 3 is 2.75 bits per heavy atom. The van der Waals surface area contributed by atoms with Crippen LogP contribution in [0.5, 0.6) is 0 Å². The molecule has 0 saturated carbocycles. The topological polar surface area (TPSA) is 90.5 Å². The van der Waals surface area contributed by atoms with E-state index in [0.717, 1.165) is 21.4 Å². The third-order valence-corrected chi connectivity index (χ3v) is 4.38. The Bertz CT molecular complexity index is 886. The van der Waals surface area contributed by atoms with Crippen molar-refractivity contribution in [3.05, 3.63) is 51.5 Å². The van der Waals surface area contributed by atoms with E-state index >= 15 is 0 Å². The molecule has 0 spiro atoms. The van der Waals surface area contributed by atoms with Gasteiger partial charge in [0, 0.05) is 29.3 Å². The van der Waals surface area contributed by atoms with Crippen LogP contribution in [0.25, 0.3) is 5.69 Å². The molecule has 1 N–H and O–H groups in total. The van der Waals surface area contributed by atoms with Gasteiger partial charge in [0.05, 0.1) is 16.9 Å². The molecule has 0 unspecified atom stereocenters. The molecule has 3 aromatic rings. The highest BCUT2D eigenvalue weighted by Gasteiger charge is 2.16. The first-order valence-corrected chi connectivity index (χ1v) is 8.07. The van der Waals surface area contributed by atoms with Crippen LogP contribution in [-0.2, 0) is 13.6 Å². The molecule has 3 rings (SSSR count). The second-order valence-corrected chi connectivity index (χ2v) is 6.29. The van der Waals surface area contributed by atoms with E-state index in [0.29, 0.717) is 17.8 Å². The van der Waals surface area contributed by atoms with E-state index < -0.39 is 0 Å². The van der Waals surface area contributed by atoms with E-state index in [-0.39, 0.29) is 5.91 Å². The molecule has 0 saturated heterocycles. The number of amides is 1. The number of carbonyl (C=O) groups is 1. The van der Waals surface area contributed by atoms with E-state index in [9.17, 15) is 4.79 Å². The summed E-state index contributed by atoms with van der Waals surface area (Å²) in [4.78, 5) is 12.7. The van der Waals surface area contributed by atoms with Crippen molar-refractivity contribution >= 4 is 21.8 Å². The molecule has 124 valence electrons. The number of rotatable bonds is 4. The van der Waals surface area contributed by atoms with E-state index in [1.807, 2.05) is 31.6 Å². The molecule has 0 aliphatic heterocycles. The van der Waals surface area contributed by atoms with Crippen molar-refractivity contribution < 1.29 is 4.79 Å². The fourth-order valence-corrected chi connectivity index (χ4v) is 2.86. The van der Waals surface area contributed by atoms with Gasteiger partial charge in [-0.2, -0.15) is 9.78 Å². The van der Waals surface area contributed by atoms with E-state index in [1.165, 1.54) is 11.0 Å². The Kier molecular flexibility index (Phi) is 4.43. The van der Waals surface area contributed by atoms with Crippen molar-refractivity contribution in [3.8, 4) is 5.69 Å². The zero-order valence-corrected chi connectivity index (χ0v) is 15.1. The predicted octanol–water partition coefficient (Wildman–Crippen LogP) is 1.71. The molecule has 9 heteroatoms. The van der Waals surface area contributed by atoms with Gasteiger partial charge >= 0.3 is 0 Å². The van der Waals surface area contributed by atoms with Crippen LogP contribution in [0.15, 0.2) is 29.0 Å². The molecule has 0 radical (unpaired) electrons. The first-order valence-electron chi connectivity index (χ1n) is 7.27. The summed E-state index contributed by atoms with van der Waals surface area (Å²) in [6, 6.07) is 5.37. The van der Waals surface area contributed by atoms with Crippen molar-refractivity contribution in [3.63, 3.8) is 0 Å². The number of benzene rings is 1. The summed E-state index contributed by atoms with van der Waals surface area (Å²) in [6.45, 7) is 4.32. The summed E-state index contributed by atoms with van der Waals surface area (Å²) in [5.41, 5.74) is 4.05. The molecular weight excluding hydrogens is 374 g/mol. The Balaban J connectivity index is 1.86. The summed E-state index contributed by atoms with van der Waals surface area (Å²) in [6.07, 6.45) is 1.45. The van der Waals surface area contributed by atoms with Crippen LogP contribution in [0.1, 0.15) is 27.3 Å². The Labute approximate surface area is 147 Å². The van der Waals surface area contributed by atoms with Gasteiger partial charge in [0.1, 0.15) is 6.33 Å². The van der Waals surface area contributed by atoms with E-state index in [4.69, 9.17) is 0 Å². The maximum absolute atomic E-state index is 12.7. The number of aryl methyl sites for hydroxylation is 2. The fraction of sp³-hybridized carbons (Fsp3) is 0.267. The maximum Gasteiger partial charge on any atom is 0.253 e. The van der Waals surface area contributed by atoms with Gasteiger partial charge in [-0.05, 0) is 42.5 Å². The van der Waals surface area contributed by atoms with Gasteiger partial charge < -0.3 is 5.32 Å². The number of nitrogens with zero attached hydrogens (tertiary/aromatic N) is 6. The van der Waals surface area contributed by atoms with E-state index in [2.05, 4.69) is 41.9 Å². The summed E-state index contributed by atoms with van der Waals surface area (Å²) >= 11 is 3.40. The minimum absolute atomic E-state index is 0.204. The fourth-order valence-electron chi connectivity index (χ4n) is 2.50. The second kappa shape index (κ2) is 6.52. The highest BCUT2D eigenvalue weighted by atomic mass is 79.9. The van der Waals surface area contributed by atoms with Gasteiger partial charge in [0.2, 0.25) is 0 Å². The van der Waals surface area contributed by atoms with Crippen LogP contribution in [0.3, 0.4) is 0 Å². The van der Waals surface area contributed by atoms with Gasteiger partial charge in [0.25, 0.3) is 5.91 Å². The highest BCUT2D eigenvalue weighted by Crippen LogP contribution is 2.20. The lowest BCUT2D eigenvalue weighted by Gasteiger charge is -2.10. The summed E-state index contributed by atoms with van der Waals surface area (Å²) < 4.78 is 4.07. The first-order chi connectivity index (χ1) is 11.5. The number of hydrogen-bond donors (Lipinski definition) is 1. The number of aromatic nitrogens is 6. The molecule has 0 aliphatic rings. The van der Waals surface area contributed by atoms with Gasteiger partial charge in [-0.3, -0.25) is 9.48 Å². The van der Waals surface area contributed by atoms with Gasteiger partial charge in [0.15, 0.2) is 0 Å². The molecule has 2 heterocycles. The molecule has 0 bridgehead atoms. The third kappa shape index (κ3) is 3.07. The SMILES string of the molecule is Cc1nn(C)c(C)c1CNC(=O)c1cc(Br)ccc1-n1cnnn1. The molecule has 1 aromatic carbocycles. The number of carbonyl (C=O) groups excluding carboxylic acids is 1. The first kappa shape index (κ1) is 16.3. The van der Waals surface area contributed by atoms with Crippen LogP contribution in [0.2, 0.25) is 0 Å². The lowest BCUT2D eigenvalue weighted by atomic mass is 10.1. The highest BCUT2D eigenvalue weighted by molar-refractivity contribution is 9.10. The standard InChI is InChI=1S/C15H16BrN7O/c1-9-13(10(2)22(3)19-9)7-17-15(24)12-6-11(16)4-5-14(12)23-8-18-20-21-23/h4-6,8H,7H2,1-3H3,(H,17,24). The Hall–Kier alpha value is -2.55. The average Bonchev–Trinajstić information content (AvgIpc) is 3.15. The summed E-state index contributed by atoms with van der Waals surface area (Å²) in [5, 5.41) is 18.4. The maximum atomic E-state index is 12.7. The van der Waals surface area contributed by atoms with Gasteiger partial charge in [-0.25, -0.2) is 0 Å². The predicted molar refractivity (Wildman–Crippen MR) is 90.7 cm³/mol. The van der Waals surface area contributed by atoms with Crippen LogP contribution in [-0.4, -0.2) is 35.9 Å². The molecule has 24 heavy (non-hydrogen) atoms. The third-order valence-electron chi connectivity index (χ3n) is 3.88. The van der Waals surface area contributed by atoms with Crippen molar-refractivity contribution in [1.82, 2.24) is 35.3 Å². The Morgan fingerprint density at radius 1 is 1.33 bits per heavy atom. The van der Waals surface area contributed by atoms with Crippen molar-refractivity contribution in [2.75, 3.05) is 0 Å². The smallest absolute Gasteiger partial charge is 0.253 e. The van der Waals surface area contributed by atoms with Crippen LogP contribution < -0.4 is 5.32 Å². The molecule has 0 atom stereocenters. The number of halogens is 1. The monoisotopic (exact) mass is 389 g/mol. The number of tetrazole rings is 1. The minimum Gasteiger partial charge on any atom is -0.348 e. The van der Waals surface area contributed by atoms with Crippen LogP contribution in [0.4, 0.5) is 0 Å². The summed E-state index contributed by atoms with van der Waals surface area (Å²) in [7, 11) is 1.89. The largest absolute Gasteiger partial charge is 0.348 e. The molecular formula is C15H16BrN7O. The average molecular weight is 390 g/mol. The van der Waals surface area contributed by atoms with Crippen molar-refractivity contribution in [1.29, 1.82) is 0 Å².